The van der Waals surface area contributed by atoms with E-state index in [9.17, 15) is 0 Å². The van der Waals surface area contributed by atoms with Crippen molar-refractivity contribution in [2.24, 2.45) is 0 Å². The molecule has 2 rings (SSSR count). The molecule has 3 nitrogen and oxygen atoms in total. The van der Waals surface area contributed by atoms with Gasteiger partial charge in [-0.2, -0.15) is 0 Å². The number of rotatable bonds is 2. The van der Waals surface area contributed by atoms with Crippen molar-refractivity contribution in [2.75, 3.05) is 5.32 Å². The van der Waals surface area contributed by atoms with Gasteiger partial charge in [0.15, 0.2) is 0 Å². The Balaban J connectivity index is 2.16. The molecule has 0 atom stereocenters. The van der Waals surface area contributed by atoms with Crippen molar-refractivity contribution in [1.29, 1.82) is 0 Å². The Morgan fingerprint density at radius 3 is 2.28 bits per heavy atom. The molecule has 0 saturated heterocycles. The van der Waals surface area contributed by atoms with Crippen molar-refractivity contribution < 1.29 is 0 Å². The molecule has 2 aromatic rings. The number of nitrogens with one attached hydrogen (secondary N) is 1. The van der Waals surface area contributed by atoms with Crippen molar-refractivity contribution in [1.82, 2.24) is 9.97 Å². The van der Waals surface area contributed by atoms with Crippen LogP contribution in [-0.4, -0.2) is 9.97 Å². The smallest absolute Gasteiger partial charge is 0.134 e. The zero-order valence-corrected chi connectivity index (χ0v) is 12.3. The van der Waals surface area contributed by atoms with E-state index in [4.69, 9.17) is 0 Å². The van der Waals surface area contributed by atoms with E-state index in [0.29, 0.717) is 0 Å². The Morgan fingerprint density at radius 2 is 1.72 bits per heavy atom. The van der Waals surface area contributed by atoms with Gasteiger partial charge in [-0.25, -0.2) is 9.97 Å². The molecule has 1 heterocycles. The summed E-state index contributed by atoms with van der Waals surface area (Å²) in [6.45, 7) is 6.62. The van der Waals surface area contributed by atoms with Gasteiger partial charge in [0.2, 0.25) is 0 Å². The van der Waals surface area contributed by atoms with Crippen LogP contribution in [0.25, 0.3) is 0 Å². The van der Waals surface area contributed by atoms with Gasteiger partial charge < -0.3 is 5.32 Å². The molecule has 94 valence electrons. The minimum absolute atomic E-state index is 0.177. The first kappa shape index (κ1) is 13.0. The summed E-state index contributed by atoms with van der Waals surface area (Å²) in [4.78, 5) is 8.15. The van der Waals surface area contributed by atoms with Crippen molar-refractivity contribution in [3.05, 3.63) is 46.8 Å². The third-order valence-corrected chi connectivity index (χ3v) is 3.09. The minimum Gasteiger partial charge on any atom is -0.340 e. The molecule has 1 N–H and O–H groups in total. The van der Waals surface area contributed by atoms with Crippen LogP contribution in [0, 0.1) is 0 Å². The number of nitrogens with zero attached hydrogens (tertiary/aromatic N) is 2. The van der Waals surface area contributed by atoms with Gasteiger partial charge in [0.05, 0.1) is 0 Å². The summed E-state index contributed by atoms with van der Waals surface area (Å²) >= 11 is 3.32. The van der Waals surface area contributed by atoms with Crippen LogP contribution in [0.1, 0.15) is 26.3 Å². The normalized spacial score (nSPS) is 11.3. The Kier molecular flexibility index (Phi) is 3.66. The summed E-state index contributed by atoms with van der Waals surface area (Å²) in [5, 5.41) is 3.24. The summed E-state index contributed by atoms with van der Waals surface area (Å²) in [6.07, 6.45) is 1.52. The van der Waals surface area contributed by atoms with Crippen molar-refractivity contribution in [3.63, 3.8) is 0 Å². The van der Waals surface area contributed by atoms with E-state index < -0.39 is 0 Å². The summed E-state index contributed by atoms with van der Waals surface area (Å²) < 4.78 is 0.770. The molecule has 0 unspecified atom stereocenters. The fraction of sp³-hybridized carbons (Fsp3) is 0.286. The van der Waals surface area contributed by atoms with Gasteiger partial charge in [0.1, 0.15) is 16.7 Å². The number of hydrogen-bond donors (Lipinski definition) is 1. The van der Waals surface area contributed by atoms with Crippen LogP contribution < -0.4 is 5.32 Å². The van der Waals surface area contributed by atoms with Crippen molar-refractivity contribution in [2.45, 2.75) is 26.2 Å². The van der Waals surface area contributed by atoms with E-state index in [1.165, 1.54) is 11.9 Å². The monoisotopic (exact) mass is 305 g/mol. The highest BCUT2D eigenvalue weighted by atomic mass is 79.9. The molecular weight excluding hydrogens is 290 g/mol. The molecule has 1 aromatic carbocycles. The van der Waals surface area contributed by atoms with E-state index in [-0.39, 0.29) is 5.41 Å². The lowest BCUT2D eigenvalue weighted by atomic mass is 9.87. The fourth-order valence-electron chi connectivity index (χ4n) is 1.60. The van der Waals surface area contributed by atoms with E-state index in [2.05, 4.69) is 76.3 Å². The average Bonchev–Trinajstić information content (AvgIpc) is 2.28. The quantitative estimate of drug-likeness (QED) is 0.842. The standard InChI is InChI=1S/C14H16BrN3/c1-14(2,3)10-4-6-11(7-5-10)18-13-8-12(15)16-9-17-13/h4-9H,1-3H3,(H,16,17,18). The van der Waals surface area contributed by atoms with Gasteiger partial charge in [-0.3, -0.25) is 0 Å². The van der Waals surface area contributed by atoms with Crippen LogP contribution in [0.15, 0.2) is 41.3 Å². The topological polar surface area (TPSA) is 37.8 Å². The molecule has 0 aliphatic carbocycles. The van der Waals surface area contributed by atoms with Crippen LogP contribution in [0.2, 0.25) is 0 Å². The summed E-state index contributed by atoms with van der Waals surface area (Å²) in [5.74, 6) is 0.778. The first-order chi connectivity index (χ1) is 8.45. The van der Waals surface area contributed by atoms with Crippen molar-refractivity contribution in [3.8, 4) is 0 Å². The molecule has 4 heteroatoms. The van der Waals surface area contributed by atoms with Crippen molar-refractivity contribution >= 4 is 27.4 Å². The molecular formula is C14H16BrN3. The number of anilines is 2. The summed E-state index contributed by atoms with van der Waals surface area (Å²) in [6, 6.07) is 10.3. The molecule has 0 aliphatic rings. The van der Waals surface area contributed by atoms with Gasteiger partial charge in [0.25, 0.3) is 0 Å². The first-order valence-electron chi connectivity index (χ1n) is 5.80. The maximum absolute atomic E-state index is 4.15. The maximum atomic E-state index is 4.15. The highest BCUT2D eigenvalue weighted by Gasteiger charge is 2.12. The van der Waals surface area contributed by atoms with Gasteiger partial charge in [-0.1, -0.05) is 32.9 Å². The first-order valence-corrected chi connectivity index (χ1v) is 6.59. The molecule has 0 radical (unpaired) electrons. The van der Waals surface area contributed by atoms with Crippen LogP contribution in [0.5, 0.6) is 0 Å². The van der Waals surface area contributed by atoms with Crippen LogP contribution in [-0.2, 0) is 5.41 Å². The lowest BCUT2D eigenvalue weighted by Crippen LogP contribution is -2.10. The van der Waals surface area contributed by atoms with E-state index in [0.717, 1.165) is 16.1 Å². The Bertz CT molecular complexity index is 529. The molecule has 0 aliphatic heterocycles. The van der Waals surface area contributed by atoms with Gasteiger partial charge >= 0.3 is 0 Å². The molecule has 18 heavy (non-hydrogen) atoms. The maximum Gasteiger partial charge on any atom is 0.134 e. The Hall–Kier alpha value is -1.42. The van der Waals surface area contributed by atoms with Gasteiger partial charge in [-0.05, 0) is 39.0 Å². The average molecular weight is 306 g/mol. The number of halogens is 1. The molecule has 0 spiro atoms. The highest BCUT2D eigenvalue weighted by molar-refractivity contribution is 9.10. The molecule has 0 amide bonds. The van der Waals surface area contributed by atoms with Crippen LogP contribution >= 0.6 is 15.9 Å². The third kappa shape index (κ3) is 3.29. The molecule has 0 saturated carbocycles. The summed E-state index contributed by atoms with van der Waals surface area (Å²) in [5.41, 5.74) is 2.52. The predicted molar refractivity (Wildman–Crippen MR) is 78.2 cm³/mol. The summed E-state index contributed by atoms with van der Waals surface area (Å²) in [7, 11) is 0. The van der Waals surface area contributed by atoms with Crippen LogP contribution in [0.4, 0.5) is 11.5 Å². The van der Waals surface area contributed by atoms with E-state index in [1.807, 2.05) is 6.07 Å². The number of benzene rings is 1. The lowest BCUT2D eigenvalue weighted by molar-refractivity contribution is 0.590. The Morgan fingerprint density at radius 1 is 1.06 bits per heavy atom. The van der Waals surface area contributed by atoms with Crippen LogP contribution in [0.3, 0.4) is 0 Å². The second-order valence-electron chi connectivity index (χ2n) is 5.18. The number of hydrogen-bond acceptors (Lipinski definition) is 3. The second-order valence-corrected chi connectivity index (χ2v) is 5.99. The van der Waals surface area contributed by atoms with Gasteiger partial charge in [-0.15, -0.1) is 0 Å². The predicted octanol–water partition coefficient (Wildman–Crippen LogP) is 4.28. The highest BCUT2D eigenvalue weighted by Crippen LogP contribution is 2.24. The molecule has 0 fully saturated rings. The molecule has 0 bridgehead atoms. The lowest BCUT2D eigenvalue weighted by Gasteiger charge is -2.19. The fourth-order valence-corrected chi connectivity index (χ4v) is 1.91. The zero-order valence-electron chi connectivity index (χ0n) is 10.7. The third-order valence-electron chi connectivity index (χ3n) is 2.66. The Labute approximate surface area is 116 Å². The van der Waals surface area contributed by atoms with Gasteiger partial charge in [0, 0.05) is 11.8 Å². The zero-order chi connectivity index (χ0) is 13.2. The van der Waals surface area contributed by atoms with E-state index in [1.54, 1.807) is 0 Å². The van der Waals surface area contributed by atoms with E-state index >= 15 is 0 Å². The minimum atomic E-state index is 0.177. The molecule has 1 aromatic heterocycles. The largest absolute Gasteiger partial charge is 0.340 e. The number of aromatic nitrogens is 2. The SMILES string of the molecule is CC(C)(C)c1ccc(Nc2cc(Br)ncn2)cc1. The second kappa shape index (κ2) is 5.06.